The third-order valence-corrected chi connectivity index (χ3v) is 6.28. The molecule has 2 saturated heterocycles. The second-order valence-corrected chi connectivity index (χ2v) is 8.64. The quantitative estimate of drug-likeness (QED) is 0.573. The lowest BCUT2D eigenvalue weighted by atomic mass is 10.1. The van der Waals surface area contributed by atoms with E-state index in [0.717, 1.165) is 6.07 Å². The molecule has 0 bridgehead atoms. The van der Waals surface area contributed by atoms with E-state index in [1.54, 1.807) is 30.3 Å². The smallest absolute Gasteiger partial charge is 0.416 e. The number of hydrogen-bond donors (Lipinski definition) is 3. The third kappa shape index (κ3) is 6.36. The Morgan fingerprint density at radius 1 is 1.14 bits per heavy atom. The normalized spacial score (nSPS) is 23.2. The summed E-state index contributed by atoms with van der Waals surface area (Å²) in [5.74, 6) is 0.611. The first-order valence-corrected chi connectivity index (χ1v) is 11.4. The highest BCUT2D eigenvalue weighted by atomic mass is 19.4. The fourth-order valence-corrected chi connectivity index (χ4v) is 4.33. The van der Waals surface area contributed by atoms with Crippen molar-refractivity contribution in [1.29, 1.82) is 0 Å². The number of hydrogen-bond acceptors (Lipinski definition) is 6. The first kappa shape index (κ1) is 25.1. The Bertz CT molecular complexity index is 1010. The van der Waals surface area contributed by atoms with E-state index < -0.39 is 36.0 Å². The van der Waals surface area contributed by atoms with Gasteiger partial charge in [0.05, 0.1) is 31.4 Å². The summed E-state index contributed by atoms with van der Waals surface area (Å²) in [4.78, 5) is 16.4. The van der Waals surface area contributed by atoms with Crippen LogP contribution in [0.5, 0.6) is 5.75 Å². The van der Waals surface area contributed by atoms with E-state index in [-0.39, 0.29) is 6.61 Å². The van der Waals surface area contributed by atoms with Crippen molar-refractivity contribution in [3.05, 3.63) is 54.1 Å². The number of nitrogens with zero attached hydrogens (tertiary/aromatic N) is 2. The molecule has 35 heavy (non-hydrogen) atoms. The van der Waals surface area contributed by atoms with Gasteiger partial charge in [0.25, 0.3) is 0 Å². The lowest BCUT2D eigenvalue weighted by Crippen LogP contribution is -2.51. The van der Waals surface area contributed by atoms with Crippen LogP contribution in [0.25, 0.3) is 0 Å². The number of halogens is 3. The van der Waals surface area contributed by atoms with Crippen molar-refractivity contribution in [2.24, 2.45) is 0 Å². The third-order valence-electron chi connectivity index (χ3n) is 6.28. The van der Waals surface area contributed by atoms with Gasteiger partial charge in [-0.1, -0.05) is 12.1 Å². The Morgan fingerprint density at radius 3 is 2.60 bits per heavy atom. The molecule has 190 valence electrons. The zero-order valence-corrected chi connectivity index (χ0v) is 19.3. The minimum absolute atomic E-state index is 0.182. The van der Waals surface area contributed by atoms with Crippen LogP contribution in [0.3, 0.4) is 0 Å². The number of piperazine rings is 1. The molecule has 11 heteroatoms. The molecule has 3 unspecified atom stereocenters. The largest absolute Gasteiger partial charge is 0.497 e. The van der Waals surface area contributed by atoms with Crippen LogP contribution < -0.4 is 20.3 Å². The van der Waals surface area contributed by atoms with Crippen LogP contribution in [-0.2, 0) is 10.9 Å². The lowest BCUT2D eigenvalue weighted by molar-refractivity contribution is -0.137. The van der Waals surface area contributed by atoms with Crippen LogP contribution in [0.2, 0.25) is 0 Å². The Hall–Kier alpha value is -3.02. The maximum absolute atomic E-state index is 13.0. The summed E-state index contributed by atoms with van der Waals surface area (Å²) in [5.41, 5.74) is 0.447. The molecule has 2 aromatic rings. The second-order valence-electron chi connectivity index (χ2n) is 8.64. The lowest BCUT2D eigenvalue weighted by Gasteiger charge is -2.37. The van der Waals surface area contributed by atoms with Gasteiger partial charge in [0, 0.05) is 50.2 Å². The number of anilines is 2. The van der Waals surface area contributed by atoms with Gasteiger partial charge in [-0.15, -0.1) is 0 Å². The number of aliphatic hydroxyl groups is 1. The van der Waals surface area contributed by atoms with Crippen LogP contribution >= 0.6 is 0 Å². The molecule has 0 radical (unpaired) electrons. The molecule has 2 fully saturated rings. The van der Waals surface area contributed by atoms with Crippen LogP contribution in [0.4, 0.5) is 29.3 Å². The van der Waals surface area contributed by atoms with E-state index in [4.69, 9.17) is 9.47 Å². The van der Waals surface area contributed by atoms with Crippen molar-refractivity contribution < 1.29 is 32.5 Å². The highest BCUT2D eigenvalue weighted by molar-refractivity contribution is 5.89. The minimum atomic E-state index is -4.37. The fourth-order valence-electron chi connectivity index (χ4n) is 4.33. The number of ether oxygens (including phenoxy) is 2. The van der Waals surface area contributed by atoms with E-state index in [2.05, 4.69) is 15.5 Å². The highest BCUT2D eigenvalue weighted by Gasteiger charge is 2.38. The number of methoxy groups -OCH3 is 1. The zero-order chi connectivity index (χ0) is 25.0. The minimum Gasteiger partial charge on any atom is -0.497 e. The van der Waals surface area contributed by atoms with E-state index in [9.17, 15) is 23.1 Å². The van der Waals surface area contributed by atoms with Crippen LogP contribution in [0.15, 0.2) is 48.5 Å². The molecule has 2 aromatic carbocycles. The number of benzene rings is 2. The number of urea groups is 1. The summed E-state index contributed by atoms with van der Waals surface area (Å²) < 4.78 is 49.9. The Labute approximate surface area is 201 Å². The molecule has 0 aliphatic carbocycles. The summed E-state index contributed by atoms with van der Waals surface area (Å²) in [6.07, 6.45) is -5.73. The van der Waals surface area contributed by atoms with Crippen LogP contribution in [-0.4, -0.2) is 80.7 Å². The summed E-state index contributed by atoms with van der Waals surface area (Å²) in [6.45, 7) is 3.02. The summed E-state index contributed by atoms with van der Waals surface area (Å²) in [6, 6.07) is 11.3. The SMILES string of the molecule is COc1cccc(NC(=O)NC2COC(CN3CCN(c4cccc(C(F)(F)F)c4)CC3)C2O)c1. The van der Waals surface area contributed by atoms with Gasteiger partial charge in [0.15, 0.2) is 0 Å². The molecule has 0 saturated carbocycles. The predicted molar refractivity (Wildman–Crippen MR) is 125 cm³/mol. The van der Waals surface area contributed by atoms with Gasteiger partial charge >= 0.3 is 12.2 Å². The van der Waals surface area contributed by atoms with Gasteiger partial charge < -0.3 is 30.1 Å². The van der Waals surface area contributed by atoms with Crippen molar-refractivity contribution in [2.75, 3.05) is 56.7 Å². The fraction of sp³-hybridized carbons (Fsp3) is 0.458. The van der Waals surface area contributed by atoms with Crippen molar-refractivity contribution in [3.63, 3.8) is 0 Å². The molecule has 2 heterocycles. The molecule has 4 rings (SSSR count). The van der Waals surface area contributed by atoms with E-state index in [1.807, 2.05) is 4.90 Å². The number of nitrogens with one attached hydrogen (secondary N) is 2. The Kier molecular flexibility index (Phi) is 7.68. The van der Waals surface area contributed by atoms with Gasteiger partial charge in [0.2, 0.25) is 0 Å². The molecule has 2 aliphatic heterocycles. The first-order valence-electron chi connectivity index (χ1n) is 11.4. The molecule has 2 amide bonds. The molecule has 3 N–H and O–H groups in total. The van der Waals surface area contributed by atoms with Gasteiger partial charge in [-0.05, 0) is 30.3 Å². The first-order chi connectivity index (χ1) is 16.7. The molecule has 0 aromatic heterocycles. The maximum atomic E-state index is 13.0. The number of carbonyl (C=O) groups is 1. The summed E-state index contributed by atoms with van der Waals surface area (Å²) in [7, 11) is 1.54. The standard InChI is InChI=1S/C24H29F3N4O4/c1-34-19-7-3-5-17(13-19)28-23(33)29-20-15-35-21(22(20)32)14-30-8-10-31(11-9-30)18-6-2-4-16(12-18)24(25,26)27/h2-7,12-13,20-22,32H,8-11,14-15H2,1H3,(H2,28,29,33). The second kappa shape index (κ2) is 10.7. The molecule has 0 spiro atoms. The topological polar surface area (TPSA) is 86.3 Å². The van der Waals surface area contributed by atoms with Gasteiger partial charge in [-0.2, -0.15) is 13.2 Å². The predicted octanol–water partition coefficient (Wildman–Crippen LogP) is 2.79. The van der Waals surface area contributed by atoms with Gasteiger partial charge in [-0.25, -0.2) is 4.79 Å². The number of amides is 2. The average molecular weight is 495 g/mol. The van der Waals surface area contributed by atoms with E-state index in [0.29, 0.717) is 49.8 Å². The Balaban J connectivity index is 1.24. The van der Waals surface area contributed by atoms with Crippen molar-refractivity contribution in [2.45, 2.75) is 24.4 Å². The molecular formula is C24H29F3N4O4. The number of alkyl halides is 3. The van der Waals surface area contributed by atoms with Crippen molar-refractivity contribution in [1.82, 2.24) is 10.2 Å². The van der Waals surface area contributed by atoms with Crippen molar-refractivity contribution in [3.8, 4) is 5.75 Å². The zero-order valence-electron chi connectivity index (χ0n) is 19.3. The Morgan fingerprint density at radius 2 is 1.89 bits per heavy atom. The van der Waals surface area contributed by atoms with Crippen molar-refractivity contribution >= 4 is 17.4 Å². The molecule has 2 aliphatic rings. The van der Waals surface area contributed by atoms with Crippen LogP contribution in [0.1, 0.15) is 5.56 Å². The number of rotatable bonds is 6. The number of aliphatic hydroxyl groups excluding tert-OH is 1. The number of carbonyl (C=O) groups excluding carboxylic acids is 1. The van der Waals surface area contributed by atoms with Gasteiger partial charge in [0.1, 0.15) is 11.9 Å². The average Bonchev–Trinajstić information content (AvgIpc) is 3.17. The van der Waals surface area contributed by atoms with E-state index >= 15 is 0 Å². The van der Waals surface area contributed by atoms with Gasteiger partial charge in [-0.3, -0.25) is 4.90 Å². The summed E-state index contributed by atoms with van der Waals surface area (Å²) in [5, 5.41) is 16.1. The monoisotopic (exact) mass is 494 g/mol. The molecule has 8 nitrogen and oxygen atoms in total. The van der Waals surface area contributed by atoms with Crippen LogP contribution in [0, 0.1) is 0 Å². The molecular weight excluding hydrogens is 465 g/mol. The highest BCUT2D eigenvalue weighted by Crippen LogP contribution is 2.32. The van der Waals surface area contributed by atoms with E-state index in [1.165, 1.54) is 19.2 Å². The summed E-state index contributed by atoms with van der Waals surface area (Å²) >= 11 is 0. The maximum Gasteiger partial charge on any atom is 0.416 e. The molecule has 3 atom stereocenters.